The van der Waals surface area contributed by atoms with E-state index in [0.29, 0.717) is 22.3 Å². The van der Waals surface area contributed by atoms with Gasteiger partial charge in [-0.2, -0.15) is 0 Å². The molecule has 1 aromatic heterocycles. The molecular formula is C43H45Cl2N5O4. The van der Waals surface area contributed by atoms with Crippen LogP contribution in [0.15, 0.2) is 54.6 Å². The molecule has 9 rings (SSSR count). The Morgan fingerprint density at radius 2 is 1.44 bits per heavy atom. The van der Waals surface area contributed by atoms with Gasteiger partial charge in [0.25, 0.3) is 0 Å². The number of hydrogen-bond acceptors (Lipinski definition) is 7. The average Bonchev–Trinajstić information content (AvgIpc) is 3.91. The van der Waals surface area contributed by atoms with Crippen LogP contribution in [0.3, 0.4) is 0 Å². The molecule has 1 spiro atoms. The van der Waals surface area contributed by atoms with Crippen molar-refractivity contribution in [2.24, 2.45) is 5.41 Å². The van der Waals surface area contributed by atoms with Crippen molar-refractivity contribution in [2.75, 3.05) is 60.0 Å². The first-order valence-electron chi connectivity index (χ1n) is 19.0. The number of carbonyl (C=O) groups is 2. The van der Waals surface area contributed by atoms with Gasteiger partial charge in [-0.05, 0) is 54.5 Å². The van der Waals surface area contributed by atoms with E-state index >= 15 is 0 Å². The lowest BCUT2D eigenvalue weighted by Crippen LogP contribution is -2.58. The number of amides is 2. The number of hydrogen-bond donors (Lipinski definition) is 1. The predicted octanol–water partition coefficient (Wildman–Crippen LogP) is 7.37. The molecule has 0 radical (unpaired) electrons. The van der Waals surface area contributed by atoms with Gasteiger partial charge in [-0.3, -0.25) is 19.4 Å². The van der Waals surface area contributed by atoms with Crippen LogP contribution >= 0.6 is 23.2 Å². The second kappa shape index (κ2) is 13.9. The molecule has 9 nitrogen and oxygen atoms in total. The molecule has 0 bridgehead atoms. The molecule has 280 valence electrons. The van der Waals surface area contributed by atoms with Crippen LogP contribution in [-0.2, 0) is 22.4 Å². The van der Waals surface area contributed by atoms with Gasteiger partial charge < -0.3 is 19.7 Å². The summed E-state index contributed by atoms with van der Waals surface area (Å²) in [4.78, 5) is 35.8. The van der Waals surface area contributed by atoms with Crippen molar-refractivity contribution >= 4 is 35.0 Å². The highest BCUT2D eigenvalue weighted by Gasteiger charge is 2.51. The van der Waals surface area contributed by atoms with Crippen molar-refractivity contribution in [3.63, 3.8) is 0 Å². The molecular weight excluding hydrogens is 721 g/mol. The summed E-state index contributed by atoms with van der Waals surface area (Å²) < 4.78 is 12.0. The largest absolute Gasteiger partial charge is 0.496 e. The molecule has 2 aliphatic carbocycles. The van der Waals surface area contributed by atoms with Gasteiger partial charge in [0, 0.05) is 110 Å². The van der Waals surface area contributed by atoms with Crippen LogP contribution in [0.4, 0.5) is 0 Å². The minimum atomic E-state index is 0.0668. The maximum absolute atomic E-state index is 11.9. The van der Waals surface area contributed by atoms with Crippen LogP contribution in [0.1, 0.15) is 60.5 Å². The third-order valence-electron chi connectivity index (χ3n) is 12.6. The zero-order chi connectivity index (χ0) is 37.3. The van der Waals surface area contributed by atoms with Gasteiger partial charge in [0.2, 0.25) is 17.7 Å². The summed E-state index contributed by atoms with van der Waals surface area (Å²) in [6.07, 6.45) is 4.52. The van der Waals surface area contributed by atoms with E-state index in [1.54, 1.807) is 21.1 Å². The molecule has 3 aromatic carbocycles. The first kappa shape index (κ1) is 35.5. The number of methoxy groups -OCH3 is 2. The highest BCUT2D eigenvalue weighted by Crippen LogP contribution is 2.50. The molecule has 5 aliphatic rings. The lowest BCUT2D eigenvalue weighted by Gasteiger charge is -2.50. The van der Waals surface area contributed by atoms with Crippen molar-refractivity contribution in [3.8, 4) is 45.1 Å². The van der Waals surface area contributed by atoms with Crippen molar-refractivity contribution < 1.29 is 19.1 Å². The molecule has 2 atom stereocenters. The number of pyridine rings is 1. The number of benzene rings is 3. The number of nitrogens with one attached hydrogen (secondary N) is 1. The van der Waals surface area contributed by atoms with Crippen molar-refractivity contribution in [1.29, 1.82) is 0 Å². The number of fused-ring (bicyclic) bond motifs is 2. The van der Waals surface area contributed by atoms with E-state index in [0.717, 1.165) is 116 Å². The van der Waals surface area contributed by atoms with E-state index in [9.17, 15) is 9.59 Å². The second-order valence-corrected chi connectivity index (χ2v) is 16.4. The number of aromatic nitrogens is 1. The Morgan fingerprint density at radius 1 is 0.815 bits per heavy atom. The highest BCUT2D eigenvalue weighted by molar-refractivity contribution is 6.39. The lowest BCUT2D eigenvalue weighted by atomic mass is 9.77. The fourth-order valence-corrected chi connectivity index (χ4v) is 10.6. The Bertz CT molecular complexity index is 2180. The van der Waals surface area contributed by atoms with Gasteiger partial charge in [0.15, 0.2) is 0 Å². The Morgan fingerprint density at radius 3 is 2.07 bits per heavy atom. The predicted molar refractivity (Wildman–Crippen MR) is 211 cm³/mol. The van der Waals surface area contributed by atoms with E-state index in [2.05, 4.69) is 39.4 Å². The van der Waals surface area contributed by atoms with Gasteiger partial charge in [0.05, 0.1) is 30.0 Å². The maximum Gasteiger partial charge on any atom is 0.220 e. The molecule has 3 saturated heterocycles. The lowest BCUT2D eigenvalue weighted by molar-refractivity contribution is -0.131. The van der Waals surface area contributed by atoms with Crippen LogP contribution in [0.25, 0.3) is 33.5 Å². The Balaban J connectivity index is 1.00. The van der Waals surface area contributed by atoms with Gasteiger partial charge >= 0.3 is 0 Å². The zero-order valence-corrected chi connectivity index (χ0v) is 32.5. The average molecular weight is 767 g/mol. The Labute approximate surface area is 326 Å². The van der Waals surface area contributed by atoms with Crippen LogP contribution in [0.2, 0.25) is 10.0 Å². The number of piperazine rings is 1. The fraction of sp³-hybridized carbons (Fsp3) is 0.419. The normalized spacial score (nSPS) is 21.9. The Kier molecular flexibility index (Phi) is 9.12. The van der Waals surface area contributed by atoms with E-state index in [-0.39, 0.29) is 29.3 Å². The SMILES string of the molecule is COc1cc(-c2cccc(-c3cccc(-c4cc5c(c(OC)n4)[C@H](N4CC6(CNC(=O)C6)C4)CC5)c3Cl)c2Cl)cc2c1[C@H](N1CCN(C(C)=O)CC1)CC2. The molecule has 3 aliphatic heterocycles. The third-order valence-corrected chi connectivity index (χ3v) is 13.4. The van der Waals surface area contributed by atoms with E-state index < -0.39 is 0 Å². The fourth-order valence-electron chi connectivity index (χ4n) is 9.90. The molecule has 4 heterocycles. The minimum Gasteiger partial charge on any atom is -0.496 e. The van der Waals surface area contributed by atoms with E-state index in [1.165, 1.54) is 16.7 Å². The molecule has 3 fully saturated rings. The molecule has 4 aromatic rings. The summed E-state index contributed by atoms with van der Waals surface area (Å²) in [7, 11) is 3.43. The molecule has 0 saturated carbocycles. The number of halogens is 2. The van der Waals surface area contributed by atoms with Gasteiger partial charge in [0.1, 0.15) is 5.75 Å². The summed E-state index contributed by atoms with van der Waals surface area (Å²) in [5.41, 5.74) is 10.2. The molecule has 54 heavy (non-hydrogen) atoms. The summed E-state index contributed by atoms with van der Waals surface area (Å²) in [6.45, 7) is 7.47. The highest BCUT2D eigenvalue weighted by atomic mass is 35.5. The molecule has 2 amide bonds. The minimum absolute atomic E-state index is 0.0668. The number of aryl methyl sites for hydroxylation is 2. The quantitative estimate of drug-likeness (QED) is 0.210. The third kappa shape index (κ3) is 5.95. The zero-order valence-electron chi connectivity index (χ0n) is 31.0. The first-order valence-corrected chi connectivity index (χ1v) is 19.8. The number of rotatable bonds is 7. The van der Waals surface area contributed by atoms with Crippen LogP contribution in [0.5, 0.6) is 11.6 Å². The number of likely N-dealkylation sites (tertiary alicyclic amines) is 1. The van der Waals surface area contributed by atoms with Crippen LogP contribution < -0.4 is 14.8 Å². The molecule has 1 N–H and O–H groups in total. The van der Waals surface area contributed by atoms with Crippen molar-refractivity contribution in [2.45, 2.75) is 51.1 Å². The summed E-state index contributed by atoms with van der Waals surface area (Å²) in [5, 5.41) is 4.23. The monoisotopic (exact) mass is 765 g/mol. The summed E-state index contributed by atoms with van der Waals surface area (Å²) in [5.74, 6) is 1.81. The smallest absolute Gasteiger partial charge is 0.220 e. The van der Waals surface area contributed by atoms with Crippen molar-refractivity contribution in [1.82, 2.24) is 25.0 Å². The van der Waals surface area contributed by atoms with Crippen LogP contribution in [0, 0.1) is 5.41 Å². The second-order valence-electron chi connectivity index (χ2n) is 15.7. The Hall–Kier alpha value is -4.15. The molecule has 0 unspecified atom stereocenters. The standard InChI is InChI=1S/C43H45Cl2N5O4/c1-25(51)48-14-16-49(17-15-48)34-12-10-26-18-28(20-36(53-2)38(26)34)29-6-4-7-30(40(29)44)31-8-5-9-32(41(31)45)33-19-27-11-13-35(39(27)42(47-33)54-3)50-23-43(24-50)21-37(52)46-22-43/h4-9,18-20,34-35H,10-17,21-24H2,1-3H3,(H,46,52)/t34-,35-/m1/s1. The number of ether oxygens (including phenoxy) is 2. The number of nitrogens with zero attached hydrogens (tertiary/aromatic N) is 4. The first-order chi connectivity index (χ1) is 26.2. The van der Waals surface area contributed by atoms with E-state index in [1.807, 2.05) is 35.2 Å². The van der Waals surface area contributed by atoms with Crippen molar-refractivity contribution in [3.05, 3.63) is 86.9 Å². The van der Waals surface area contributed by atoms with Gasteiger partial charge in [-0.25, -0.2) is 4.98 Å². The van der Waals surface area contributed by atoms with Gasteiger partial charge in [-0.1, -0.05) is 65.7 Å². The van der Waals surface area contributed by atoms with Crippen LogP contribution in [-0.4, -0.2) is 91.5 Å². The summed E-state index contributed by atoms with van der Waals surface area (Å²) >= 11 is 14.6. The maximum atomic E-state index is 11.9. The number of carbonyl (C=O) groups excluding carboxylic acids is 2. The summed E-state index contributed by atoms with van der Waals surface area (Å²) in [6, 6.07) is 19.2. The van der Waals surface area contributed by atoms with Gasteiger partial charge in [-0.15, -0.1) is 0 Å². The topological polar surface area (TPSA) is 87.2 Å². The molecule has 11 heteroatoms. The van der Waals surface area contributed by atoms with E-state index in [4.69, 9.17) is 37.7 Å².